The number of amides is 2. The van der Waals surface area contributed by atoms with Gasteiger partial charge < -0.3 is 10.2 Å². The lowest BCUT2D eigenvalue weighted by atomic mass is 10.2. The van der Waals surface area contributed by atoms with E-state index in [4.69, 9.17) is 0 Å². The number of halogens is 1. The third-order valence-electron chi connectivity index (χ3n) is 5.73. The molecule has 35 heavy (non-hydrogen) atoms. The predicted molar refractivity (Wildman–Crippen MR) is 138 cm³/mol. The van der Waals surface area contributed by atoms with E-state index in [-0.39, 0.29) is 17.6 Å². The monoisotopic (exact) mass is 493 g/mol. The van der Waals surface area contributed by atoms with Crippen LogP contribution in [0.15, 0.2) is 66.1 Å². The fourth-order valence-corrected chi connectivity index (χ4v) is 4.75. The highest BCUT2D eigenvalue weighted by Crippen LogP contribution is 2.29. The number of nitrogens with one attached hydrogen (secondary N) is 1. The van der Waals surface area contributed by atoms with Crippen LogP contribution in [-0.2, 0) is 9.59 Å². The van der Waals surface area contributed by atoms with Crippen LogP contribution in [0.2, 0.25) is 0 Å². The lowest BCUT2D eigenvalue weighted by Crippen LogP contribution is -2.48. The van der Waals surface area contributed by atoms with Crippen LogP contribution in [0.25, 0.3) is 6.08 Å². The summed E-state index contributed by atoms with van der Waals surface area (Å²) in [5.74, 6) is -0.536. The maximum Gasteiger partial charge on any atom is 0.244 e. The Morgan fingerprint density at radius 2 is 1.80 bits per heavy atom. The second kappa shape index (κ2) is 11.7. The average Bonchev–Trinajstić information content (AvgIpc) is 3.32. The summed E-state index contributed by atoms with van der Waals surface area (Å²) in [6, 6.07) is 15.9. The van der Waals surface area contributed by atoms with Gasteiger partial charge in [-0.2, -0.15) is 0 Å². The number of rotatable bonds is 8. The van der Waals surface area contributed by atoms with Gasteiger partial charge in [0.2, 0.25) is 11.8 Å². The topological polar surface area (TPSA) is 68.8 Å². The standard InChI is InChI=1S/C26H28FN5O2S/c1-20(33)32(24-5-3-2-4-6-24)26-29-22(19-35-26)9-12-25(34)28-13-14-30-15-17-31(18-16-30)23-10-7-21(27)8-11-23/h2-12,19H,13-18H2,1H3,(H,28,34)/b12-9+. The van der Waals surface area contributed by atoms with Gasteiger partial charge in [-0.05, 0) is 42.5 Å². The number of nitrogens with zero attached hydrogens (tertiary/aromatic N) is 4. The molecule has 1 N–H and O–H groups in total. The second-order valence-corrected chi connectivity index (χ2v) is 9.01. The molecule has 182 valence electrons. The highest BCUT2D eigenvalue weighted by Gasteiger charge is 2.18. The van der Waals surface area contributed by atoms with Crippen molar-refractivity contribution in [1.29, 1.82) is 0 Å². The molecule has 0 spiro atoms. The molecule has 2 aromatic carbocycles. The number of aromatic nitrogens is 1. The SMILES string of the molecule is CC(=O)N(c1ccccc1)c1nc(/C=C/C(=O)NCCN2CCN(c3ccc(F)cc3)CC2)cs1. The minimum atomic E-state index is -0.224. The average molecular weight is 494 g/mol. The largest absolute Gasteiger partial charge is 0.369 e. The Labute approximate surface area is 208 Å². The van der Waals surface area contributed by atoms with Gasteiger partial charge in [-0.1, -0.05) is 18.2 Å². The van der Waals surface area contributed by atoms with E-state index in [0.29, 0.717) is 17.4 Å². The highest BCUT2D eigenvalue weighted by molar-refractivity contribution is 7.14. The van der Waals surface area contributed by atoms with E-state index >= 15 is 0 Å². The van der Waals surface area contributed by atoms with Crippen LogP contribution >= 0.6 is 11.3 Å². The van der Waals surface area contributed by atoms with Crippen molar-refractivity contribution in [2.24, 2.45) is 0 Å². The molecule has 2 heterocycles. The molecule has 7 nitrogen and oxygen atoms in total. The van der Waals surface area contributed by atoms with Gasteiger partial charge in [-0.15, -0.1) is 11.3 Å². The molecular weight excluding hydrogens is 465 g/mol. The lowest BCUT2D eigenvalue weighted by molar-refractivity contribution is -0.117. The zero-order valence-electron chi connectivity index (χ0n) is 19.6. The zero-order chi connectivity index (χ0) is 24.6. The van der Waals surface area contributed by atoms with E-state index in [2.05, 4.69) is 20.1 Å². The molecule has 0 radical (unpaired) electrons. The van der Waals surface area contributed by atoms with Crippen molar-refractivity contribution in [1.82, 2.24) is 15.2 Å². The number of piperazine rings is 1. The first-order chi connectivity index (χ1) is 17.0. The van der Waals surface area contributed by atoms with E-state index in [9.17, 15) is 14.0 Å². The minimum Gasteiger partial charge on any atom is -0.369 e. The Hall–Kier alpha value is -3.56. The number of hydrogen-bond donors (Lipinski definition) is 1. The molecule has 1 saturated heterocycles. The van der Waals surface area contributed by atoms with Gasteiger partial charge in [0, 0.05) is 63.3 Å². The first-order valence-corrected chi connectivity index (χ1v) is 12.4. The van der Waals surface area contributed by atoms with Gasteiger partial charge >= 0.3 is 0 Å². The minimum absolute atomic E-state index is 0.127. The molecule has 0 aliphatic carbocycles. The number of carbonyl (C=O) groups excluding carboxylic acids is 2. The van der Waals surface area contributed by atoms with Crippen molar-refractivity contribution < 1.29 is 14.0 Å². The maximum atomic E-state index is 13.1. The van der Waals surface area contributed by atoms with E-state index in [1.165, 1.54) is 36.5 Å². The van der Waals surface area contributed by atoms with Crippen LogP contribution in [0.5, 0.6) is 0 Å². The van der Waals surface area contributed by atoms with Crippen molar-refractivity contribution in [3.63, 3.8) is 0 Å². The third kappa shape index (κ3) is 6.74. The molecule has 1 fully saturated rings. The molecule has 3 aromatic rings. The molecule has 0 unspecified atom stereocenters. The summed E-state index contributed by atoms with van der Waals surface area (Å²) in [4.78, 5) is 35.0. The summed E-state index contributed by atoms with van der Waals surface area (Å²) in [5.41, 5.74) is 2.41. The van der Waals surface area contributed by atoms with Gasteiger partial charge in [-0.3, -0.25) is 19.4 Å². The Morgan fingerprint density at radius 3 is 2.49 bits per heavy atom. The maximum absolute atomic E-state index is 13.1. The van der Waals surface area contributed by atoms with Crippen molar-refractivity contribution in [2.45, 2.75) is 6.92 Å². The first-order valence-electron chi connectivity index (χ1n) is 11.5. The summed E-state index contributed by atoms with van der Waals surface area (Å²) in [7, 11) is 0. The highest BCUT2D eigenvalue weighted by atomic mass is 32.1. The normalized spacial score (nSPS) is 14.3. The van der Waals surface area contributed by atoms with Crippen molar-refractivity contribution in [3.05, 3.63) is 77.6 Å². The summed E-state index contributed by atoms with van der Waals surface area (Å²) in [5, 5.41) is 5.29. The quantitative estimate of drug-likeness (QED) is 0.482. The summed E-state index contributed by atoms with van der Waals surface area (Å²) in [6.45, 7) is 6.33. The van der Waals surface area contributed by atoms with Crippen LogP contribution in [-0.4, -0.2) is 61.0 Å². The Bertz CT molecular complexity index is 1160. The van der Waals surface area contributed by atoms with Crippen LogP contribution < -0.4 is 15.1 Å². The van der Waals surface area contributed by atoms with E-state index in [1.54, 1.807) is 11.0 Å². The predicted octanol–water partition coefficient (Wildman–Crippen LogP) is 3.92. The fourth-order valence-electron chi connectivity index (χ4n) is 3.90. The number of carbonyl (C=O) groups is 2. The van der Waals surface area contributed by atoms with Gasteiger partial charge in [0.05, 0.1) is 11.4 Å². The lowest BCUT2D eigenvalue weighted by Gasteiger charge is -2.36. The number of thiazole rings is 1. The van der Waals surface area contributed by atoms with Crippen LogP contribution in [0, 0.1) is 5.82 Å². The molecule has 0 saturated carbocycles. The van der Waals surface area contributed by atoms with Crippen molar-refractivity contribution >= 4 is 45.7 Å². The molecule has 9 heteroatoms. The van der Waals surface area contributed by atoms with Crippen molar-refractivity contribution in [2.75, 3.05) is 49.1 Å². The number of benzene rings is 2. The Morgan fingerprint density at radius 1 is 1.09 bits per heavy atom. The van der Waals surface area contributed by atoms with Crippen molar-refractivity contribution in [3.8, 4) is 0 Å². The molecule has 1 aromatic heterocycles. The summed E-state index contributed by atoms with van der Waals surface area (Å²) < 4.78 is 13.1. The van der Waals surface area contributed by atoms with Gasteiger partial charge in [0.1, 0.15) is 5.82 Å². The third-order valence-corrected chi connectivity index (χ3v) is 6.57. The molecule has 0 bridgehead atoms. The molecule has 1 aliphatic rings. The molecule has 0 atom stereocenters. The van der Waals surface area contributed by atoms with E-state index in [0.717, 1.165) is 44.1 Å². The first kappa shape index (κ1) is 24.6. The second-order valence-electron chi connectivity index (χ2n) is 8.17. The van der Waals surface area contributed by atoms with Crippen LogP contribution in [0.4, 0.5) is 20.9 Å². The Balaban J connectivity index is 1.21. The molecular formula is C26H28FN5O2S. The molecule has 1 aliphatic heterocycles. The zero-order valence-corrected chi connectivity index (χ0v) is 20.4. The Kier molecular flexibility index (Phi) is 8.23. The number of anilines is 3. The van der Waals surface area contributed by atoms with E-state index in [1.807, 2.05) is 47.8 Å². The number of hydrogen-bond acceptors (Lipinski definition) is 6. The van der Waals surface area contributed by atoms with Gasteiger partial charge in [0.15, 0.2) is 5.13 Å². The summed E-state index contributed by atoms with van der Waals surface area (Å²) in [6.07, 6.45) is 3.12. The van der Waals surface area contributed by atoms with Crippen LogP contribution in [0.1, 0.15) is 12.6 Å². The molecule has 4 rings (SSSR count). The van der Waals surface area contributed by atoms with Crippen LogP contribution in [0.3, 0.4) is 0 Å². The smallest absolute Gasteiger partial charge is 0.244 e. The van der Waals surface area contributed by atoms with Gasteiger partial charge in [0.25, 0.3) is 0 Å². The van der Waals surface area contributed by atoms with Gasteiger partial charge in [-0.25, -0.2) is 9.37 Å². The van der Waals surface area contributed by atoms with E-state index < -0.39 is 0 Å². The summed E-state index contributed by atoms with van der Waals surface area (Å²) >= 11 is 1.35. The fraction of sp³-hybridized carbons (Fsp3) is 0.269. The number of para-hydroxylation sites is 1. The molecule has 2 amide bonds.